The standard InChI is InChI=1S/C12H14BrNO4/c1-2-14(7-12(16)17)11(15)8-18-10-6-4-3-5-9(10)13/h3-6H,2,7-8H2,1H3,(H,16,17). The van der Waals surface area contributed by atoms with Crippen LogP contribution in [0, 0.1) is 0 Å². The molecule has 0 radical (unpaired) electrons. The maximum atomic E-state index is 11.7. The third-order valence-electron chi connectivity index (χ3n) is 2.25. The number of likely N-dealkylation sites (N-methyl/N-ethyl adjacent to an activating group) is 1. The molecule has 18 heavy (non-hydrogen) atoms. The molecule has 1 aromatic rings. The van der Waals surface area contributed by atoms with E-state index in [0.717, 1.165) is 4.47 Å². The topological polar surface area (TPSA) is 66.8 Å². The monoisotopic (exact) mass is 315 g/mol. The first kappa shape index (κ1) is 14.5. The summed E-state index contributed by atoms with van der Waals surface area (Å²) in [5, 5.41) is 8.65. The molecule has 0 atom stereocenters. The third-order valence-corrected chi connectivity index (χ3v) is 2.90. The van der Waals surface area contributed by atoms with Gasteiger partial charge in [0.1, 0.15) is 12.3 Å². The summed E-state index contributed by atoms with van der Waals surface area (Å²) in [5.41, 5.74) is 0. The molecule has 0 saturated carbocycles. The van der Waals surface area contributed by atoms with Gasteiger partial charge in [-0.05, 0) is 35.0 Å². The Balaban J connectivity index is 2.54. The van der Waals surface area contributed by atoms with E-state index < -0.39 is 5.97 Å². The molecule has 0 fully saturated rings. The molecule has 0 aromatic heterocycles. The van der Waals surface area contributed by atoms with Crippen molar-refractivity contribution in [1.29, 1.82) is 0 Å². The van der Waals surface area contributed by atoms with E-state index in [1.54, 1.807) is 25.1 Å². The van der Waals surface area contributed by atoms with Gasteiger partial charge in [-0.2, -0.15) is 0 Å². The Labute approximate surface area is 113 Å². The van der Waals surface area contributed by atoms with Crippen LogP contribution in [0.1, 0.15) is 6.92 Å². The van der Waals surface area contributed by atoms with Gasteiger partial charge in [0.25, 0.3) is 5.91 Å². The highest BCUT2D eigenvalue weighted by atomic mass is 79.9. The van der Waals surface area contributed by atoms with Gasteiger partial charge in [-0.15, -0.1) is 0 Å². The number of halogens is 1. The van der Waals surface area contributed by atoms with Crippen LogP contribution in [0.15, 0.2) is 28.7 Å². The fraction of sp³-hybridized carbons (Fsp3) is 0.333. The maximum absolute atomic E-state index is 11.7. The van der Waals surface area contributed by atoms with Gasteiger partial charge in [-0.25, -0.2) is 0 Å². The number of carboxylic acids is 1. The van der Waals surface area contributed by atoms with Gasteiger partial charge in [0, 0.05) is 6.54 Å². The minimum Gasteiger partial charge on any atom is -0.483 e. The first-order chi connectivity index (χ1) is 8.54. The molecule has 1 amide bonds. The molecule has 0 aliphatic heterocycles. The lowest BCUT2D eigenvalue weighted by Gasteiger charge is -2.18. The number of amides is 1. The fourth-order valence-electron chi connectivity index (χ4n) is 1.33. The summed E-state index contributed by atoms with van der Waals surface area (Å²) in [6, 6.07) is 7.15. The second-order valence-corrected chi connectivity index (χ2v) is 4.38. The number of benzene rings is 1. The summed E-state index contributed by atoms with van der Waals surface area (Å²) in [4.78, 5) is 23.5. The van der Waals surface area contributed by atoms with Crippen molar-refractivity contribution in [3.05, 3.63) is 28.7 Å². The first-order valence-corrected chi connectivity index (χ1v) is 6.20. The van der Waals surface area contributed by atoms with Gasteiger partial charge in [-0.3, -0.25) is 9.59 Å². The van der Waals surface area contributed by atoms with Crippen LogP contribution >= 0.6 is 15.9 Å². The SMILES string of the molecule is CCN(CC(=O)O)C(=O)COc1ccccc1Br. The predicted octanol–water partition coefficient (Wildman–Crippen LogP) is 1.76. The summed E-state index contributed by atoms with van der Waals surface area (Å²) < 4.78 is 6.08. The number of para-hydroxylation sites is 1. The Bertz CT molecular complexity index is 436. The van der Waals surface area contributed by atoms with Crippen LogP contribution in [-0.2, 0) is 9.59 Å². The lowest BCUT2D eigenvalue weighted by Crippen LogP contribution is -2.38. The van der Waals surface area contributed by atoms with E-state index >= 15 is 0 Å². The molecule has 5 nitrogen and oxygen atoms in total. The highest BCUT2D eigenvalue weighted by molar-refractivity contribution is 9.10. The van der Waals surface area contributed by atoms with E-state index in [9.17, 15) is 9.59 Å². The number of nitrogens with zero attached hydrogens (tertiary/aromatic N) is 1. The second kappa shape index (κ2) is 7.00. The zero-order chi connectivity index (χ0) is 13.5. The molecule has 0 saturated heterocycles. The van der Waals surface area contributed by atoms with Crippen molar-refractivity contribution in [3.63, 3.8) is 0 Å². The van der Waals surface area contributed by atoms with Crippen molar-refractivity contribution in [2.45, 2.75) is 6.92 Å². The van der Waals surface area contributed by atoms with E-state index in [4.69, 9.17) is 9.84 Å². The first-order valence-electron chi connectivity index (χ1n) is 5.41. The molecule has 0 unspecified atom stereocenters. The number of rotatable bonds is 6. The van der Waals surface area contributed by atoms with Crippen molar-refractivity contribution in [3.8, 4) is 5.75 Å². The average molecular weight is 316 g/mol. The van der Waals surface area contributed by atoms with Crippen LogP contribution in [0.4, 0.5) is 0 Å². The molecule has 0 bridgehead atoms. The van der Waals surface area contributed by atoms with Gasteiger partial charge in [0.2, 0.25) is 0 Å². The number of carbonyl (C=O) groups excluding carboxylic acids is 1. The normalized spacial score (nSPS) is 9.89. The average Bonchev–Trinajstić information content (AvgIpc) is 2.34. The van der Waals surface area contributed by atoms with Crippen molar-refractivity contribution in [1.82, 2.24) is 4.90 Å². The number of hydrogen-bond donors (Lipinski definition) is 1. The van der Waals surface area contributed by atoms with Gasteiger partial charge in [-0.1, -0.05) is 12.1 Å². The molecule has 0 heterocycles. The molecule has 0 aliphatic rings. The van der Waals surface area contributed by atoms with Crippen molar-refractivity contribution >= 4 is 27.8 Å². The third kappa shape index (κ3) is 4.37. The van der Waals surface area contributed by atoms with E-state index in [1.807, 2.05) is 6.07 Å². The highest BCUT2D eigenvalue weighted by Gasteiger charge is 2.15. The quantitative estimate of drug-likeness (QED) is 0.868. The molecule has 98 valence electrons. The second-order valence-electron chi connectivity index (χ2n) is 3.52. The Morgan fingerprint density at radius 2 is 2.06 bits per heavy atom. The largest absolute Gasteiger partial charge is 0.483 e. The molecule has 0 aliphatic carbocycles. The van der Waals surface area contributed by atoms with Crippen LogP contribution in [-0.4, -0.2) is 41.6 Å². The number of carboxylic acid groups (broad SMARTS) is 1. The fourth-order valence-corrected chi connectivity index (χ4v) is 1.73. The van der Waals surface area contributed by atoms with Crippen LogP contribution in [0.3, 0.4) is 0 Å². The zero-order valence-corrected chi connectivity index (χ0v) is 11.5. The van der Waals surface area contributed by atoms with Gasteiger partial charge >= 0.3 is 5.97 Å². The summed E-state index contributed by atoms with van der Waals surface area (Å²) >= 11 is 3.30. The Hall–Kier alpha value is -1.56. The summed E-state index contributed by atoms with van der Waals surface area (Å²) in [7, 11) is 0. The van der Waals surface area contributed by atoms with Gasteiger partial charge in [0.05, 0.1) is 4.47 Å². The predicted molar refractivity (Wildman–Crippen MR) is 69.5 cm³/mol. The van der Waals surface area contributed by atoms with E-state index in [2.05, 4.69) is 15.9 Å². The minimum absolute atomic E-state index is 0.177. The highest BCUT2D eigenvalue weighted by Crippen LogP contribution is 2.23. The minimum atomic E-state index is -1.04. The number of hydrogen-bond acceptors (Lipinski definition) is 3. The molecular weight excluding hydrogens is 302 g/mol. The lowest BCUT2D eigenvalue weighted by atomic mass is 10.3. The summed E-state index contributed by atoms with van der Waals surface area (Å²) in [6.45, 7) is 1.57. The lowest BCUT2D eigenvalue weighted by molar-refractivity contribution is -0.145. The van der Waals surface area contributed by atoms with Crippen LogP contribution < -0.4 is 4.74 Å². The van der Waals surface area contributed by atoms with E-state index in [1.165, 1.54) is 4.90 Å². The maximum Gasteiger partial charge on any atom is 0.323 e. The molecule has 1 N–H and O–H groups in total. The summed E-state index contributed by atoms with van der Waals surface area (Å²) in [6.07, 6.45) is 0. The van der Waals surface area contributed by atoms with E-state index in [-0.39, 0.29) is 19.1 Å². The molecule has 6 heteroatoms. The molecule has 1 rings (SSSR count). The Morgan fingerprint density at radius 1 is 1.39 bits per heavy atom. The van der Waals surface area contributed by atoms with Crippen LogP contribution in [0.2, 0.25) is 0 Å². The number of carbonyl (C=O) groups is 2. The van der Waals surface area contributed by atoms with Crippen molar-refractivity contribution < 1.29 is 19.4 Å². The van der Waals surface area contributed by atoms with E-state index in [0.29, 0.717) is 12.3 Å². The zero-order valence-electron chi connectivity index (χ0n) is 9.93. The van der Waals surface area contributed by atoms with Gasteiger partial charge in [0.15, 0.2) is 6.61 Å². The molecular formula is C12H14BrNO4. The Kier molecular flexibility index (Phi) is 5.64. The van der Waals surface area contributed by atoms with Gasteiger partial charge < -0.3 is 14.7 Å². The molecule has 1 aromatic carbocycles. The van der Waals surface area contributed by atoms with Crippen LogP contribution in [0.25, 0.3) is 0 Å². The summed E-state index contributed by atoms with van der Waals surface area (Å²) in [5.74, 6) is -0.834. The van der Waals surface area contributed by atoms with Crippen LogP contribution in [0.5, 0.6) is 5.75 Å². The smallest absolute Gasteiger partial charge is 0.323 e. The number of ether oxygens (including phenoxy) is 1. The number of aliphatic carboxylic acids is 1. The van der Waals surface area contributed by atoms with Crippen molar-refractivity contribution in [2.24, 2.45) is 0 Å². The Morgan fingerprint density at radius 3 is 2.61 bits per heavy atom. The van der Waals surface area contributed by atoms with Crippen molar-refractivity contribution in [2.75, 3.05) is 19.7 Å². The molecule has 0 spiro atoms.